The third-order valence-corrected chi connectivity index (χ3v) is 4.05. The van der Waals surface area contributed by atoms with Crippen LogP contribution in [-0.2, 0) is 6.54 Å². The van der Waals surface area contributed by atoms with Gasteiger partial charge in [0.25, 0.3) is 0 Å². The normalized spacial score (nSPS) is 18.7. The van der Waals surface area contributed by atoms with E-state index in [1.54, 1.807) is 0 Å². The second-order valence-electron chi connectivity index (χ2n) is 3.97. The fraction of sp³-hybridized carbons (Fsp3) is 0.636. The van der Waals surface area contributed by atoms with Crippen molar-refractivity contribution >= 4 is 11.3 Å². The summed E-state index contributed by atoms with van der Waals surface area (Å²) < 4.78 is 0. The molecule has 14 heavy (non-hydrogen) atoms. The van der Waals surface area contributed by atoms with E-state index in [2.05, 4.69) is 29.4 Å². The monoisotopic (exact) mass is 210 g/mol. The van der Waals surface area contributed by atoms with E-state index in [1.807, 2.05) is 11.3 Å². The summed E-state index contributed by atoms with van der Waals surface area (Å²) in [6.07, 6.45) is 0. The molecule has 0 unspecified atom stereocenters. The lowest BCUT2D eigenvalue weighted by atomic mass is 10.1. The van der Waals surface area contributed by atoms with Crippen molar-refractivity contribution in [2.45, 2.75) is 20.4 Å². The Labute approximate surface area is 89.9 Å². The summed E-state index contributed by atoms with van der Waals surface area (Å²) in [6, 6.07) is 0. The zero-order chi connectivity index (χ0) is 9.97. The molecule has 0 aliphatic carbocycles. The van der Waals surface area contributed by atoms with E-state index in [9.17, 15) is 0 Å². The van der Waals surface area contributed by atoms with Crippen LogP contribution in [0.5, 0.6) is 0 Å². The smallest absolute Gasteiger partial charge is 0.0245 e. The highest BCUT2D eigenvalue weighted by atomic mass is 32.1. The molecule has 1 aromatic heterocycles. The van der Waals surface area contributed by atoms with Crippen LogP contribution in [0.25, 0.3) is 0 Å². The largest absolute Gasteiger partial charge is 0.314 e. The van der Waals surface area contributed by atoms with Crippen LogP contribution in [0, 0.1) is 13.8 Å². The second-order valence-corrected chi connectivity index (χ2v) is 5.05. The highest BCUT2D eigenvalue weighted by Gasteiger charge is 2.12. The van der Waals surface area contributed by atoms with Crippen LogP contribution in [0.1, 0.15) is 16.0 Å². The van der Waals surface area contributed by atoms with Gasteiger partial charge >= 0.3 is 0 Å². The molecule has 0 spiro atoms. The Morgan fingerprint density at radius 2 is 2.07 bits per heavy atom. The molecule has 0 aromatic carbocycles. The van der Waals surface area contributed by atoms with Crippen LogP contribution in [-0.4, -0.2) is 31.1 Å². The van der Waals surface area contributed by atoms with Gasteiger partial charge in [-0.05, 0) is 30.4 Å². The first-order valence-electron chi connectivity index (χ1n) is 5.24. The van der Waals surface area contributed by atoms with Crippen molar-refractivity contribution in [3.63, 3.8) is 0 Å². The Bertz CT molecular complexity index is 300. The maximum absolute atomic E-state index is 3.38. The average molecular weight is 210 g/mol. The zero-order valence-corrected chi connectivity index (χ0v) is 9.78. The zero-order valence-electron chi connectivity index (χ0n) is 8.97. The van der Waals surface area contributed by atoms with E-state index in [4.69, 9.17) is 0 Å². The molecule has 0 atom stereocenters. The van der Waals surface area contributed by atoms with Gasteiger partial charge in [0.05, 0.1) is 0 Å². The van der Waals surface area contributed by atoms with Crippen LogP contribution in [0.4, 0.5) is 0 Å². The van der Waals surface area contributed by atoms with Crippen molar-refractivity contribution in [2.75, 3.05) is 26.2 Å². The standard InChI is InChI=1S/C11H18N2S/c1-9-10(2)14-8-11(9)7-13-5-3-12-4-6-13/h8,12H,3-7H2,1-2H3. The number of nitrogens with one attached hydrogen (secondary N) is 1. The summed E-state index contributed by atoms with van der Waals surface area (Å²) >= 11 is 1.88. The summed E-state index contributed by atoms with van der Waals surface area (Å²) in [5.41, 5.74) is 3.02. The fourth-order valence-electron chi connectivity index (χ4n) is 1.83. The first-order valence-corrected chi connectivity index (χ1v) is 6.12. The van der Waals surface area contributed by atoms with Crippen LogP contribution < -0.4 is 5.32 Å². The van der Waals surface area contributed by atoms with E-state index < -0.39 is 0 Å². The molecule has 78 valence electrons. The number of hydrogen-bond acceptors (Lipinski definition) is 3. The van der Waals surface area contributed by atoms with Gasteiger partial charge < -0.3 is 5.32 Å². The molecule has 1 aliphatic rings. The van der Waals surface area contributed by atoms with Crippen LogP contribution >= 0.6 is 11.3 Å². The van der Waals surface area contributed by atoms with Crippen molar-refractivity contribution in [3.8, 4) is 0 Å². The third kappa shape index (κ3) is 2.16. The molecule has 1 saturated heterocycles. The molecular weight excluding hydrogens is 192 g/mol. The van der Waals surface area contributed by atoms with E-state index in [0.29, 0.717) is 0 Å². The summed E-state index contributed by atoms with van der Waals surface area (Å²) in [5, 5.41) is 5.69. The molecule has 0 radical (unpaired) electrons. The number of hydrogen-bond donors (Lipinski definition) is 1. The lowest BCUT2D eigenvalue weighted by Crippen LogP contribution is -2.42. The number of thiophene rings is 1. The second kappa shape index (κ2) is 4.43. The van der Waals surface area contributed by atoms with Gasteiger partial charge in [0.15, 0.2) is 0 Å². The summed E-state index contributed by atoms with van der Waals surface area (Å²) in [6.45, 7) is 10.2. The Kier molecular flexibility index (Phi) is 3.21. The Morgan fingerprint density at radius 3 is 2.64 bits per heavy atom. The maximum Gasteiger partial charge on any atom is 0.0245 e. The van der Waals surface area contributed by atoms with E-state index >= 15 is 0 Å². The average Bonchev–Trinajstić information content (AvgIpc) is 2.52. The molecule has 1 fully saturated rings. The van der Waals surface area contributed by atoms with Gasteiger partial charge in [0, 0.05) is 37.6 Å². The molecular formula is C11H18N2S. The van der Waals surface area contributed by atoms with Crippen molar-refractivity contribution in [2.24, 2.45) is 0 Å². The van der Waals surface area contributed by atoms with E-state index in [1.165, 1.54) is 29.1 Å². The topological polar surface area (TPSA) is 15.3 Å². The third-order valence-electron chi connectivity index (χ3n) is 2.99. The van der Waals surface area contributed by atoms with Crippen LogP contribution in [0.3, 0.4) is 0 Å². The van der Waals surface area contributed by atoms with Gasteiger partial charge in [-0.2, -0.15) is 0 Å². The molecule has 1 aliphatic heterocycles. The SMILES string of the molecule is Cc1scc(CN2CCNCC2)c1C. The Hall–Kier alpha value is -0.380. The number of aryl methyl sites for hydroxylation is 1. The van der Waals surface area contributed by atoms with Gasteiger partial charge in [-0.1, -0.05) is 0 Å². The lowest BCUT2D eigenvalue weighted by Gasteiger charge is -2.27. The fourth-order valence-corrected chi connectivity index (χ4v) is 2.71. The van der Waals surface area contributed by atoms with Crippen molar-refractivity contribution in [1.29, 1.82) is 0 Å². The molecule has 1 N–H and O–H groups in total. The lowest BCUT2D eigenvalue weighted by molar-refractivity contribution is 0.233. The quantitative estimate of drug-likeness (QED) is 0.800. The molecule has 0 amide bonds. The Morgan fingerprint density at radius 1 is 1.36 bits per heavy atom. The van der Waals surface area contributed by atoms with Gasteiger partial charge in [0.1, 0.15) is 0 Å². The highest BCUT2D eigenvalue weighted by Crippen LogP contribution is 2.21. The molecule has 3 heteroatoms. The van der Waals surface area contributed by atoms with Gasteiger partial charge in [-0.25, -0.2) is 0 Å². The minimum absolute atomic E-state index is 1.14. The summed E-state index contributed by atoms with van der Waals surface area (Å²) in [7, 11) is 0. The van der Waals surface area contributed by atoms with Crippen LogP contribution in [0.15, 0.2) is 5.38 Å². The molecule has 2 heterocycles. The minimum Gasteiger partial charge on any atom is -0.314 e. The number of nitrogens with zero attached hydrogens (tertiary/aromatic N) is 1. The Balaban J connectivity index is 1.99. The predicted molar refractivity (Wildman–Crippen MR) is 61.9 cm³/mol. The highest BCUT2D eigenvalue weighted by molar-refractivity contribution is 7.10. The first kappa shape index (κ1) is 10.1. The van der Waals surface area contributed by atoms with E-state index in [0.717, 1.165) is 19.6 Å². The number of rotatable bonds is 2. The number of piperazine rings is 1. The molecule has 2 rings (SSSR count). The van der Waals surface area contributed by atoms with Gasteiger partial charge in [0.2, 0.25) is 0 Å². The first-order chi connectivity index (χ1) is 6.77. The predicted octanol–water partition coefficient (Wildman–Crippen LogP) is 1.77. The minimum atomic E-state index is 1.14. The molecule has 1 aromatic rings. The van der Waals surface area contributed by atoms with Crippen molar-refractivity contribution in [1.82, 2.24) is 10.2 Å². The maximum atomic E-state index is 3.38. The van der Waals surface area contributed by atoms with Crippen molar-refractivity contribution < 1.29 is 0 Å². The molecule has 0 saturated carbocycles. The van der Waals surface area contributed by atoms with Crippen molar-refractivity contribution in [3.05, 3.63) is 21.4 Å². The summed E-state index contributed by atoms with van der Waals surface area (Å²) in [4.78, 5) is 4.00. The molecule has 0 bridgehead atoms. The van der Waals surface area contributed by atoms with Gasteiger partial charge in [-0.15, -0.1) is 11.3 Å². The van der Waals surface area contributed by atoms with E-state index in [-0.39, 0.29) is 0 Å². The molecule has 2 nitrogen and oxygen atoms in total. The van der Waals surface area contributed by atoms with Gasteiger partial charge in [-0.3, -0.25) is 4.90 Å². The van der Waals surface area contributed by atoms with Crippen LogP contribution in [0.2, 0.25) is 0 Å². The summed E-state index contributed by atoms with van der Waals surface area (Å²) in [5.74, 6) is 0.